The van der Waals surface area contributed by atoms with E-state index < -0.39 is 10.0 Å². The van der Waals surface area contributed by atoms with Crippen molar-refractivity contribution in [1.29, 1.82) is 0 Å². The molecule has 0 aliphatic heterocycles. The van der Waals surface area contributed by atoms with Crippen LogP contribution in [0.3, 0.4) is 0 Å². The number of hydrogen-bond donors (Lipinski definition) is 1. The summed E-state index contributed by atoms with van der Waals surface area (Å²) in [7, 11) is -1.90. The third-order valence-corrected chi connectivity index (χ3v) is 5.55. The number of sulfonamides is 1. The molecule has 1 N–H and O–H groups in total. The van der Waals surface area contributed by atoms with Crippen LogP contribution in [0.15, 0.2) is 27.8 Å². The van der Waals surface area contributed by atoms with Crippen LogP contribution in [0.5, 0.6) is 0 Å². The van der Waals surface area contributed by atoms with Crippen LogP contribution in [0.25, 0.3) is 0 Å². The molecule has 0 radical (unpaired) electrons. The highest BCUT2D eigenvalue weighted by Gasteiger charge is 2.19. The zero-order chi connectivity index (χ0) is 15.1. The molecule has 0 saturated carbocycles. The van der Waals surface area contributed by atoms with E-state index in [1.165, 1.54) is 6.20 Å². The summed E-state index contributed by atoms with van der Waals surface area (Å²) in [6.45, 7) is 5.59. The molecule has 7 heteroatoms. The molecule has 1 heterocycles. The van der Waals surface area contributed by atoms with Gasteiger partial charge in [-0.3, -0.25) is 4.72 Å². The highest BCUT2D eigenvalue weighted by molar-refractivity contribution is 9.10. The minimum atomic E-state index is -3.66. The van der Waals surface area contributed by atoms with Crippen LogP contribution in [0.2, 0.25) is 0 Å². The third-order valence-electron chi connectivity index (χ3n) is 3.05. The van der Waals surface area contributed by atoms with Crippen LogP contribution in [0.4, 0.5) is 5.69 Å². The average Bonchev–Trinajstić information content (AvgIpc) is 2.67. The van der Waals surface area contributed by atoms with Crippen molar-refractivity contribution in [1.82, 2.24) is 9.55 Å². The lowest BCUT2D eigenvalue weighted by molar-refractivity contribution is 0.598. The van der Waals surface area contributed by atoms with Crippen LogP contribution in [-0.2, 0) is 17.1 Å². The molecule has 1 aromatic heterocycles. The number of benzene rings is 1. The Morgan fingerprint density at radius 1 is 1.20 bits per heavy atom. The largest absolute Gasteiger partial charge is 0.337 e. The molecule has 5 nitrogen and oxygen atoms in total. The number of hydrogen-bond acceptors (Lipinski definition) is 3. The second-order valence-electron chi connectivity index (χ2n) is 4.77. The maximum Gasteiger partial charge on any atom is 0.280 e. The quantitative estimate of drug-likeness (QED) is 0.918. The van der Waals surface area contributed by atoms with Gasteiger partial charge in [0.25, 0.3) is 10.0 Å². The summed E-state index contributed by atoms with van der Waals surface area (Å²) in [4.78, 5) is 4.04. The van der Waals surface area contributed by atoms with Crippen LogP contribution in [0, 0.1) is 20.8 Å². The summed E-state index contributed by atoms with van der Waals surface area (Å²) < 4.78 is 29.8. The molecule has 1 aromatic carbocycles. The Kier molecular flexibility index (Phi) is 3.93. The highest BCUT2D eigenvalue weighted by Crippen LogP contribution is 2.26. The van der Waals surface area contributed by atoms with E-state index >= 15 is 0 Å². The number of aryl methyl sites for hydroxylation is 4. The Bertz CT molecular complexity index is 723. The second kappa shape index (κ2) is 5.21. The Morgan fingerprint density at radius 3 is 2.20 bits per heavy atom. The predicted molar refractivity (Wildman–Crippen MR) is 82.4 cm³/mol. The molecule has 108 valence electrons. The first-order valence-electron chi connectivity index (χ1n) is 6.00. The molecule has 2 aromatic rings. The summed E-state index contributed by atoms with van der Waals surface area (Å²) in [6.07, 6.45) is 1.50. The van der Waals surface area contributed by atoms with Gasteiger partial charge in [0.05, 0.1) is 0 Å². The van der Waals surface area contributed by atoms with E-state index in [1.807, 2.05) is 13.8 Å². The molecule has 0 fully saturated rings. The average molecular weight is 358 g/mol. The van der Waals surface area contributed by atoms with Crippen LogP contribution < -0.4 is 4.72 Å². The fraction of sp³-hybridized carbons (Fsp3) is 0.308. The monoisotopic (exact) mass is 357 g/mol. The molecule has 2 rings (SSSR count). The Labute approximate surface area is 127 Å². The summed E-state index contributed by atoms with van der Waals surface area (Å²) in [5.41, 5.74) is 2.48. The van der Waals surface area contributed by atoms with E-state index in [9.17, 15) is 8.42 Å². The lowest BCUT2D eigenvalue weighted by atomic mass is 10.1. The zero-order valence-corrected chi connectivity index (χ0v) is 14.1. The fourth-order valence-electron chi connectivity index (χ4n) is 1.87. The lowest BCUT2D eigenvalue weighted by Crippen LogP contribution is -2.13. The van der Waals surface area contributed by atoms with Crippen molar-refractivity contribution in [3.05, 3.63) is 39.8 Å². The molecular weight excluding hydrogens is 342 g/mol. The van der Waals surface area contributed by atoms with Crippen molar-refractivity contribution in [3.63, 3.8) is 0 Å². The summed E-state index contributed by atoms with van der Waals surface area (Å²) >= 11 is 3.46. The van der Waals surface area contributed by atoms with Gasteiger partial charge in [0.15, 0.2) is 5.03 Å². The van der Waals surface area contributed by atoms with Gasteiger partial charge in [-0.15, -0.1) is 0 Å². The number of nitrogens with zero attached hydrogens (tertiary/aromatic N) is 2. The van der Waals surface area contributed by atoms with Gasteiger partial charge in [-0.25, -0.2) is 4.98 Å². The highest BCUT2D eigenvalue weighted by atomic mass is 79.9. The second-order valence-corrected chi connectivity index (χ2v) is 7.19. The first-order chi connectivity index (χ1) is 9.20. The van der Waals surface area contributed by atoms with E-state index in [-0.39, 0.29) is 5.03 Å². The van der Waals surface area contributed by atoms with E-state index in [2.05, 4.69) is 25.6 Å². The Hall–Kier alpha value is -1.34. The van der Waals surface area contributed by atoms with Crippen molar-refractivity contribution >= 4 is 31.6 Å². The van der Waals surface area contributed by atoms with Gasteiger partial charge >= 0.3 is 0 Å². The Morgan fingerprint density at radius 2 is 1.75 bits per heavy atom. The molecule has 0 unspecified atom stereocenters. The maximum absolute atomic E-state index is 12.3. The number of halogens is 1. The van der Waals surface area contributed by atoms with E-state index in [1.54, 1.807) is 30.7 Å². The van der Waals surface area contributed by atoms with Crippen LogP contribution in [-0.4, -0.2) is 18.0 Å². The first-order valence-corrected chi connectivity index (χ1v) is 8.28. The van der Waals surface area contributed by atoms with Gasteiger partial charge in [0.1, 0.15) is 5.82 Å². The van der Waals surface area contributed by atoms with Crippen molar-refractivity contribution < 1.29 is 8.42 Å². The van der Waals surface area contributed by atoms with Crippen molar-refractivity contribution in [3.8, 4) is 0 Å². The molecule has 0 aliphatic carbocycles. The first kappa shape index (κ1) is 15.1. The molecular formula is C13H16BrN3O2S. The van der Waals surface area contributed by atoms with Crippen molar-refractivity contribution in [2.45, 2.75) is 25.8 Å². The summed E-state index contributed by atoms with van der Waals surface area (Å²) in [6, 6.07) is 3.56. The zero-order valence-electron chi connectivity index (χ0n) is 11.7. The van der Waals surface area contributed by atoms with Gasteiger partial charge in [0.2, 0.25) is 0 Å². The molecule has 0 saturated heterocycles. The predicted octanol–water partition coefficient (Wildman–Crippen LogP) is 2.91. The van der Waals surface area contributed by atoms with Gasteiger partial charge in [-0.05, 0) is 44.0 Å². The number of rotatable bonds is 3. The SMILES string of the molecule is Cc1cc(NS(=O)(=O)c2cn(C)c(C)n2)cc(C)c1Br. The van der Waals surface area contributed by atoms with Crippen LogP contribution in [0.1, 0.15) is 17.0 Å². The molecule has 0 aliphatic rings. The van der Waals surface area contributed by atoms with Crippen molar-refractivity contribution in [2.24, 2.45) is 7.05 Å². The van der Waals surface area contributed by atoms with Gasteiger partial charge in [-0.2, -0.15) is 8.42 Å². The normalized spacial score (nSPS) is 11.7. The fourth-order valence-corrected chi connectivity index (χ4v) is 3.18. The van der Waals surface area contributed by atoms with Gasteiger partial charge < -0.3 is 4.57 Å². The minimum Gasteiger partial charge on any atom is -0.337 e. The number of anilines is 1. The van der Waals surface area contributed by atoms with Crippen LogP contribution >= 0.6 is 15.9 Å². The smallest absolute Gasteiger partial charge is 0.280 e. The van der Waals surface area contributed by atoms with E-state index in [0.29, 0.717) is 11.5 Å². The lowest BCUT2D eigenvalue weighted by Gasteiger charge is -2.10. The molecule has 0 amide bonds. The topological polar surface area (TPSA) is 64.0 Å². The third kappa shape index (κ3) is 2.88. The summed E-state index contributed by atoms with van der Waals surface area (Å²) in [5.74, 6) is 0.647. The number of nitrogens with one attached hydrogen (secondary N) is 1. The van der Waals surface area contributed by atoms with Gasteiger partial charge in [-0.1, -0.05) is 15.9 Å². The Balaban J connectivity index is 2.38. The standard InChI is InChI=1S/C13H16BrN3O2S/c1-8-5-11(6-9(2)13(8)14)16-20(18,19)12-7-17(4)10(3)15-12/h5-7,16H,1-4H3. The number of imidazole rings is 1. The van der Waals surface area contributed by atoms with Crippen molar-refractivity contribution in [2.75, 3.05) is 4.72 Å². The maximum atomic E-state index is 12.3. The number of aromatic nitrogens is 2. The summed E-state index contributed by atoms with van der Waals surface area (Å²) in [5, 5.41) is 0.0238. The van der Waals surface area contributed by atoms with E-state index in [4.69, 9.17) is 0 Å². The molecule has 0 bridgehead atoms. The molecule has 20 heavy (non-hydrogen) atoms. The van der Waals surface area contributed by atoms with E-state index in [0.717, 1.165) is 15.6 Å². The molecule has 0 atom stereocenters. The van der Waals surface area contributed by atoms with Gasteiger partial charge in [0, 0.05) is 23.4 Å². The minimum absolute atomic E-state index is 0.0238. The molecule has 0 spiro atoms.